The Morgan fingerprint density at radius 2 is 1.00 bits per heavy atom. The lowest BCUT2D eigenvalue weighted by atomic mass is 9.83. The number of likely N-dealkylation sites (N-methyl/N-ethyl adjacent to an activating group) is 2. The fourth-order valence-corrected chi connectivity index (χ4v) is 13.1. The Kier molecular flexibility index (Phi) is 20.2. The monoisotopic (exact) mass is 1090 g/mol. The zero-order chi connectivity index (χ0) is 55.5. The van der Waals surface area contributed by atoms with E-state index < -0.39 is 95.0 Å². The third kappa shape index (κ3) is 14.3. The van der Waals surface area contributed by atoms with E-state index in [0.29, 0.717) is 37.2 Å². The molecule has 0 radical (unpaired) electrons. The standard InChI is InChI=1S/C54H70N8O12S2/c1-33(59(7)51(69)70)45(63)55-37-23-27-75-41-29-53(3,4)43(61(41)49(37)67)47(65)57-39(35-19-13-11-14-20-35)31-73-25-17-9-10-18-26-74-32-40(36-21-15-12-16-22-36)58-48(66)44-54(5,6)30-42-62(44)50(68)38(24-28-76-42)56-46(64)34(2)60(8)52(71)72/h11-16,19-22,33-34,37-44H,23-32H2,1-8H3,(H,55,63)(H,56,64)(H,57,65)(H,58,66)(H,69,70)(H,71,72)/t33?,34?,37-,38-,39?,40?,41-,42-,43+,44+/m0/s1. The predicted octanol–water partition coefficient (Wildman–Crippen LogP) is 3.89. The number of hydrogen-bond acceptors (Lipinski definition) is 12. The quantitative estimate of drug-likeness (QED) is 0.0916. The lowest BCUT2D eigenvalue weighted by Crippen LogP contribution is -2.58. The number of benzene rings is 2. The highest BCUT2D eigenvalue weighted by Crippen LogP contribution is 2.48. The van der Waals surface area contributed by atoms with Gasteiger partial charge < -0.3 is 50.8 Å². The molecule has 410 valence electrons. The highest BCUT2D eigenvalue weighted by molar-refractivity contribution is 8.00. The molecule has 8 amide bonds. The molecule has 4 aliphatic rings. The molecule has 4 aliphatic heterocycles. The molecule has 76 heavy (non-hydrogen) atoms. The number of rotatable bonds is 18. The number of carbonyl (C=O) groups excluding carboxylic acids is 6. The molecule has 6 rings (SSSR count). The molecular weight excluding hydrogens is 1020 g/mol. The SMILES string of the molecule is CC(C(=O)N[C@H]1CCS[C@H]2CC(C)(C)[C@@H](C(=O)NC(COCC#CC#CCOCC(NC(=O)[C@H]3N4C(=O)[C@@H](NC(=O)C(C)N(C)C(=O)O)CCS[C@H]4CC3(C)C)c3ccccc3)c3ccccc3)N2C1=O)N(C)C(=O)O. The third-order valence-corrected chi connectivity index (χ3v) is 16.9. The number of hydrogen-bond donors (Lipinski definition) is 6. The van der Waals surface area contributed by atoms with Crippen LogP contribution in [0.3, 0.4) is 0 Å². The molecule has 0 aromatic heterocycles. The summed E-state index contributed by atoms with van der Waals surface area (Å²) in [6.45, 7) is 10.7. The van der Waals surface area contributed by atoms with Gasteiger partial charge in [0.2, 0.25) is 35.4 Å². The Balaban J connectivity index is 1.04. The van der Waals surface area contributed by atoms with Gasteiger partial charge >= 0.3 is 12.2 Å². The van der Waals surface area contributed by atoms with Crippen molar-refractivity contribution in [1.82, 2.24) is 40.9 Å². The van der Waals surface area contributed by atoms with Crippen molar-refractivity contribution in [1.29, 1.82) is 0 Å². The Hall–Kier alpha value is -6.46. The van der Waals surface area contributed by atoms with E-state index in [2.05, 4.69) is 44.9 Å². The van der Waals surface area contributed by atoms with E-state index in [4.69, 9.17) is 9.47 Å². The van der Waals surface area contributed by atoms with Crippen LogP contribution >= 0.6 is 23.5 Å². The smallest absolute Gasteiger partial charge is 0.407 e. The minimum atomic E-state index is -1.28. The number of nitrogens with zero attached hydrogens (tertiary/aromatic N) is 4. The van der Waals surface area contributed by atoms with E-state index in [-0.39, 0.29) is 49.0 Å². The predicted molar refractivity (Wildman–Crippen MR) is 286 cm³/mol. The molecule has 0 bridgehead atoms. The molecule has 10 atom stereocenters. The Labute approximate surface area is 452 Å². The van der Waals surface area contributed by atoms with Crippen LogP contribution in [0.25, 0.3) is 0 Å². The Morgan fingerprint density at radius 1 is 0.645 bits per heavy atom. The van der Waals surface area contributed by atoms with Crippen LogP contribution < -0.4 is 21.3 Å². The fraction of sp³-hybridized carbons (Fsp3) is 0.556. The van der Waals surface area contributed by atoms with E-state index in [1.54, 1.807) is 33.3 Å². The summed E-state index contributed by atoms with van der Waals surface area (Å²) in [4.78, 5) is 111. The van der Waals surface area contributed by atoms with Crippen LogP contribution in [-0.4, -0.2) is 176 Å². The Bertz CT molecular complexity index is 2410. The summed E-state index contributed by atoms with van der Waals surface area (Å²) in [6, 6.07) is 11.6. The molecule has 4 heterocycles. The summed E-state index contributed by atoms with van der Waals surface area (Å²) in [5, 5.41) is 29.9. The maximum atomic E-state index is 14.4. The summed E-state index contributed by atoms with van der Waals surface area (Å²) in [5.41, 5.74) is 0.287. The van der Waals surface area contributed by atoms with E-state index in [0.717, 1.165) is 20.9 Å². The van der Waals surface area contributed by atoms with E-state index >= 15 is 0 Å². The van der Waals surface area contributed by atoms with Crippen LogP contribution in [0, 0.1) is 34.5 Å². The van der Waals surface area contributed by atoms with Gasteiger partial charge in [0, 0.05) is 14.1 Å². The average Bonchev–Trinajstić information content (AvgIpc) is 3.73. The van der Waals surface area contributed by atoms with Crippen LogP contribution in [0.5, 0.6) is 0 Å². The fourth-order valence-electron chi connectivity index (χ4n) is 9.90. The molecule has 0 spiro atoms. The summed E-state index contributed by atoms with van der Waals surface area (Å²) in [6.07, 6.45) is -0.818. The van der Waals surface area contributed by atoms with Gasteiger partial charge in [-0.15, -0.1) is 23.5 Å². The van der Waals surface area contributed by atoms with E-state index in [9.17, 15) is 48.6 Å². The van der Waals surface area contributed by atoms with Gasteiger partial charge in [-0.2, -0.15) is 0 Å². The number of nitrogens with one attached hydrogen (secondary N) is 4. The third-order valence-electron chi connectivity index (χ3n) is 14.4. The molecule has 4 saturated heterocycles. The number of carbonyl (C=O) groups is 8. The van der Waals surface area contributed by atoms with Crippen molar-refractivity contribution in [2.24, 2.45) is 10.8 Å². The highest BCUT2D eigenvalue weighted by Gasteiger charge is 2.56. The molecule has 4 unspecified atom stereocenters. The second-order valence-electron chi connectivity index (χ2n) is 20.7. The number of carboxylic acid groups (broad SMARTS) is 2. The Morgan fingerprint density at radius 3 is 1.34 bits per heavy atom. The highest BCUT2D eigenvalue weighted by atomic mass is 32.2. The van der Waals surface area contributed by atoms with E-state index in [1.165, 1.54) is 27.9 Å². The van der Waals surface area contributed by atoms with Crippen LogP contribution in [0.15, 0.2) is 60.7 Å². The van der Waals surface area contributed by atoms with Crippen molar-refractivity contribution in [3.63, 3.8) is 0 Å². The van der Waals surface area contributed by atoms with Gasteiger partial charge in [-0.3, -0.25) is 38.6 Å². The second-order valence-corrected chi connectivity index (χ2v) is 23.3. The lowest BCUT2D eigenvalue weighted by molar-refractivity contribution is -0.144. The van der Waals surface area contributed by atoms with E-state index in [1.807, 2.05) is 88.4 Å². The summed E-state index contributed by atoms with van der Waals surface area (Å²) in [5.74, 6) is 9.61. The first-order chi connectivity index (χ1) is 36.0. The van der Waals surface area contributed by atoms with Crippen LogP contribution in [0.4, 0.5) is 9.59 Å². The molecule has 4 fully saturated rings. The molecule has 20 nitrogen and oxygen atoms in total. The van der Waals surface area contributed by atoms with Crippen molar-refractivity contribution in [2.75, 3.05) is 52.0 Å². The van der Waals surface area contributed by atoms with Crippen molar-refractivity contribution in [3.8, 4) is 23.7 Å². The molecule has 2 aromatic carbocycles. The second kappa shape index (κ2) is 26.1. The van der Waals surface area contributed by atoms with Crippen LogP contribution in [0.2, 0.25) is 0 Å². The zero-order valence-corrected chi connectivity index (χ0v) is 45.8. The van der Waals surface area contributed by atoms with Gasteiger partial charge in [0.15, 0.2) is 0 Å². The molecule has 2 aromatic rings. The van der Waals surface area contributed by atoms with Gasteiger partial charge in [0.05, 0.1) is 36.0 Å². The molecule has 6 N–H and O–H groups in total. The summed E-state index contributed by atoms with van der Waals surface area (Å²) < 4.78 is 11.9. The molecule has 0 saturated carbocycles. The first-order valence-electron chi connectivity index (χ1n) is 25.3. The van der Waals surface area contributed by atoms with Gasteiger partial charge in [-0.1, -0.05) is 100 Å². The van der Waals surface area contributed by atoms with Crippen LogP contribution in [0.1, 0.15) is 90.4 Å². The maximum absolute atomic E-state index is 14.4. The summed E-state index contributed by atoms with van der Waals surface area (Å²) >= 11 is 3.10. The molecular formula is C54H70N8O12S2. The minimum Gasteiger partial charge on any atom is -0.465 e. The van der Waals surface area contributed by atoms with Crippen molar-refractivity contribution < 1.29 is 58.0 Å². The van der Waals surface area contributed by atoms with Gasteiger partial charge in [0.25, 0.3) is 0 Å². The zero-order valence-electron chi connectivity index (χ0n) is 44.2. The molecule has 0 aliphatic carbocycles. The van der Waals surface area contributed by atoms with Crippen molar-refractivity contribution in [3.05, 3.63) is 71.8 Å². The lowest BCUT2D eigenvalue weighted by Gasteiger charge is -2.35. The largest absolute Gasteiger partial charge is 0.465 e. The first-order valence-corrected chi connectivity index (χ1v) is 27.4. The van der Waals surface area contributed by atoms with Gasteiger partial charge in [0.1, 0.15) is 49.5 Å². The van der Waals surface area contributed by atoms with Crippen molar-refractivity contribution in [2.45, 2.75) is 126 Å². The normalized spacial score (nSPS) is 23.9. The van der Waals surface area contributed by atoms with Crippen molar-refractivity contribution >= 4 is 71.2 Å². The topological polar surface area (TPSA) is 257 Å². The number of ether oxygens (including phenoxy) is 2. The average molecular weight is 1090 g/mol. The number of thioether (sulfide) groups is 2. The minimum absolute atomic E-state index is 0.0172. The molecule has 22 heteroatoms. The number of amides is 8. The number of fused-ring (bicyclic) bond motifs is 2. The first kappa shape index (κ1) is 58.8. The van der Waals surface area contributed by atoms with Gasteiger partial charge in [-0.05, 0) is 84.8 Å². The maximum Gasteiger partial charge on any atom is 0.407 e. The summed E-state index contributed by atoms with van der Waals surface area (Å²) in [7, 11) is 2.57. The van der Waals surface area contributed by atoms with Gasteiger partial charge in [-0.25, -0.2) is 9.59 Å². The van der Waals surface area contributed by atoms with Crippen LogP contribution in [-0.2, 0) is 38.2 Å².